The predicted octanol–water partition coefficient (Wildman–Crippen LogP) is 3.46. The van der Waals surface area contributed by atoms with Crippen molar-refractivity contribution >= 4 is 16.7 Å². The van der Waals surface area contributed by atoms with Crippen LogP contribution in [-0.4, -0.2) is 51.1 Å². The average Bonchev–Trinajstić information content (AvgIpc) is 3.34. The monoisotopic (exact) mass is 407 g/mol. The summed E-state index contributed by atoms with van der Waals surface area (Å²) in [6.07, 6.45) is 4.31. The van der Waals surface area contributed by atoms with Crippen LogP contribution in [-0.2, 0) is 11.3 Å². The SMILES string of the molecule is Cc1nc(N2CCC3(CC2)CO[C@@H](C)[C@H]3C)c(CO)nc1-c1ccc2cn[nH]c2c1. The Hall–Kier alpha value is -2.51. The molecule has 2 N–H and O–H groups in total. The Kier molecular flexibility index (Phi) is 4.75. The van der Waals surface area contributed by atoms with Gasteiger partial charge in [0.25, 0.3) is 0 Å². The van der Waals surface area contributed by atoms with E-state index in [0.29, 0.717) is 17.7 Å². The molecular formula is C23H29N5O2. The van der Waals surface area contributed by atoms with Crippen LogP contribution in [0.4, 0.5) is 5.82 Å². The first-order chi connectivity index (χ1) is 14.5. The summed E-state index contributed by atoms with van der Waals surface area (Å²) in [7, 11) is 0. The summed E-state index contributed by atoms with van der Waals surface area (Å²) < 4.78 is 5.96. The number of anilines is 1. The topological polar surface area (TPSA) is 87.2 Å². The number of fused-ring (bicyclic) bond motifs is 1. The summed E-state index contributed by atoms with van der Waals surface area (Å²) in [6, 6.07) is 6.09. The number of aliphatic hydroxyl groups is 1. The predicted molar refractivity (Wildman–Crippen MR) is 116 cm³/mol. The summed E-state index contributed by atoms with van der Waals surface area (Å²) in [5, 5.41) is 18.2. The molecule has 3 aromatic rings. The number of aromatic amines is 1. The summed E-state index contributed by atoms with van der Waals surface area (Å²) in [5.74, 6) is 1.39. The highest BCUT2D eigenvalue weighted by molar-refractivity contribution is 5.83. The number of hydrogen-bond acceptors (Lipinski definition) is 6. The number of nitrogens with zero attached hydrogens (tertiary/aromatic N) is 4. The van der Waals surface area contributed by atoms with Crippen LogP contribution in [0.1, 0.15) is 38.1 Å². The van der Waals surface area contributed by atoms with Crippen LogP contribution < -0.4 is 4.90 Å². The van der Waals surface area contributed by atoms with Crippen molar-refractivity contribution in [2.24, 2.45) is 11.3 Å². The van der Waals surface area contributed by atoms with Gasteiger partial charge in [0.1, 0.15) is 5.69 Å². The van der Waals surface area contributed by atoms with Gasteiger partial charge in [-0.05, 0) is 38.7 Å². The molecule has 1 spiro atoms. The number of nitrogens with one attached hydrogen (secondary N) is 1. The second-order valence-corrected chi connectivity index (χ2v) is 8.91. The molecule has 2 aliphatic rings. The molecule has 0 bridgehead atoms. The maximum atomic E-state index is 10.1. The molecule has 158 valence electrons. The lowest BCUT2D eigenvalue weighted by Crippen LogP contribution is -2.44. The number of hydrogen-bond donors (Lipinski definition) is 2. The van der Waals surface area contributed by atoms with Gasteiger partial charge in [-0.15, -0.1) is 0 Å². The minimum Gasteiger partial charge on any atom is -0.390 e. The number of aromatic nitrogens is 4. The van der Waals surface area contributed by atoms with E-state index in [1.54, 1.807) is 6.20 Å². The summed E-state index contributed by atoms with van der Waals surface area (Å²) in [5.41, 5.74) is 4.53. The molecular weight excluding hydrogens is 378 g/mol. The van der Waals surface area contributed by atoms with E-state index >= 15 is 0 Å². The molecule has 0 saturated carbocycles. The molecule has 2 saturated heterocycles. The second kappa shape index (κ2) is 7.32. The van der Waals surface area contributed by atoms with Crippen molar-refractivity contribution in [1.82, 2.24) is 20.2 Å². The Balaban J connectivity index is 1.43. The van der Waals surface area contributed by atoms with E-state index in [1.165, 1.54) is 0 Å². The zero-order chi connectivity index (χ0) is 20.9. The second-order valence-electron chi connectivity index (χ2n) is 8.91. The van der Waals surface area contributed by atoms with Crippen molar-refractivity contribution in [1.29, 1.82) is 0 Å². The lowest BCUT2D eigenvalue weighted by atomic mass is 9.70. The molecule has 0 radical (unpaired) electrons. The number of benzene rings is 1. The molecule has 2 aromatic heterocycles. The van der Waals surface area contributed by atoms with Gasteiger partial charge in [-0.3, -0.25) is 5.10 Å². The van der Waals surface area contributed by atoms with Gasteiger partial charge in [0, 0.05) is 29.5 Å². The lowest BCUT2D eigenvalue weighted by molar-refractivity contribution is 0.0969. The van der Waals surface area contributed by atoms with Crippen molar-refractivity contribution in [2.45, 2.75) is 46.3 Å². The van der Waals surface area contributed by atoms with Crippen LogP contribution in [0.15, 0.2) is 24.4 Å². The number of H-pyrrole nitrogens is 1. The van der Waals surface area contributed by atoms with Crippen molar-refractivity contribution in [3.05, 3.63) is 35.8 Å². The van der Waals surface area contributed by atoms with Crippen molar-refractivity contribution in [2.75, 3.05) is 24.6 Å². The van der Waals surface area contributed by atoms with Crippen molar-refractivity contribution in [3.8, 4) is 11.3 Å². The first-order valence-corrected chi connectivity index (χ1v) is 10.8. The number of piperidine rings is 1. The lowest BCUT2D eigenvalue weighted by Gasteiger charge is -2.42. The fourth-order valence-corrected chi connectivity index (χ4v) is 5.09. The van der Waals surface area contributed by atoms with Gasteiger partial charge in [-0.25, -0.2) is 9.97 Å². The normalized spacial score (nSPS) is 23.5. The molecule has 30 heavy (non-hydrogen) atoms. The summed E-state index contributed by atoms with van der Waals surface area (Å²) in [6.45, 7) is 9.06. The van der Waals surface area contributed by atoms with Crippen LogP contribution >= 0.6 is 0 Å². The largest absolute Gasteiger partial charge is 0.390 e. The number of aryl methyl sites for hydroxylation is 1. The summed E-state index contributed by atoms with van der Waals surface area (Å²) in [4.78, 5) is 12.0. The molecule has 2 fully saturated rings. The first kappa shape index (κ1) is 19.5. The third-order valence-electron chi connectivity index (χ3n) is 7.35. The Morgan fingerprint density at radius 3 is 2.73 bits per heavy atom. The number of aliphatic hydroxyl groups excluding tert-OH is 1. The molecule has 0 amide bonds. The van der Waals surface area contributed by atoms with Gasteiger partial charge >= 0.3 is 0 Å². The molecule has 1 aromatic carbocycles. The van der Waals surface area contributed by atoms with Crippen LogP contribution in [0, 0.1) is 18.3 Å². The molecule has 7 heteroatoms. The Morgan fingerprint density at radius 2 is 2.03 bits per heavy atom. The van der Waals surface area contributed by atoms with E-state index in [1.807, 2.05) is 25.1 Å². The zero-order valence-corrected chi connectivity index (χ0v) is 17.9. The Bertz CT molecular complexity index is 1070. The molecule has 2 atom stereocenters. The molecule has 5 rings (SSSR count). The highest BCUT2D eigenvalue weighted by Crippen LogP contribution is 2.46. The molecule has 4 heterocycles. The minimum atomic E-state index is -0.125. The molecule has 2 aliphatic heterocycles. The van der Waals surface area contributed by atoms with Gasteiger partial charge < -0.3 is 14.7 Å². The Morgan fingerprint density at radius 1 is 1.23 bits per heavy atom. The molecule has 0 unspecified atom stereocenters. The van der Waals surface area contributed by atoms with Crippen LogP contribution in [0.3, 0.4) is 0 Å². The highest BCUT2D eigenvalue weighted by atomic mass is 16.5. The van der Waals surface area contributed by atoms with E-state index in [4.69, 9.17) is 14.7 Å². The van der Waals surface area contributed by atoms with Gasteiger partial charge in [0.05, 0.1) is 42.4 Å². The quantitative estimate of drug-likeness (QED) is 0.691. The fraction of sp³-hybridized carbons (Fsp3) is 0.522. The van der Waals surface area contributed by atoms with Crippen LogP contribution in [0.5, 0.6) is 0 Å². The average molecular weight is 408 g/mol. The van der Waals surface area contributed by atoms with Crippen LogP contribution in [0.2, 0.25) is 0 Å². The fourth-order valence-electron chi connectivity index (χ4n) is 5.09. The van der Waals surface area contributed by atoms with Gasteiger partial charge in [0.2, 0.25) is 0 Å². The van der Waals surface area contributed by atoms with Crippen molar-refractivity contribution in [3.63, 3.8) is 0 Å². The first-order valence-electron chi connectivity index (χ1n) is 10.8. The highest BCUT2D eigenvalue weighted by Gasteiger charge is 2.47. The standard InChI is InChI=1S/C23H29N5O2/c1-14-16(3)30-13-23(14)6-8-28(9-7-23)22-20(12-29)26-21(15(2)25-22)17-4-5-18-11-24-27-19(18)10-17/h4-5,10-11,14,16,29H,6-9,12-13H2,1-3H3,(H,24,27)/t14-,16+/m1/s1. The van der Waals surface area contributed by atoms with E-state index in [2.05, 4.69) is 28.9 Å². The Labute approximate surface area is 176 Å². The number of ether oxygens (including phenoxy) is 1. The van der Waals surface area contributed by atoms with E-state index in [-0.39, 0.29) is 12.0 Å². The third kappa shape index (κ3) is 3.08. The third-order valence-corrected chi connectivity index (χ3v) is 7.35. The van der Waals surface area contributed by atoms with Gasteiger partial charge in [-0.1, -0.05) is 19.1 Å². The maximum Gasteiger partial charge on any atom is 0.153 e. The van der Waals surface area contributed by atoms with Crippen molar-refractivity contribution < 1.29 is 9.84 Å². The zero-order valence-electron chi connectivity index (χ0n) is 17.9. The van der Waals surface area contributed by atoms with E-state index in [0.717, 1.165) is 66.2 Å². The number of rotatable bonds is 3. The summed E-state index contributed by atoms with van der Waals surface area (Å²) >= 11 is 0. The van der Waals surface area contributed by atoms with Crippen LogP contribution in [0.25, 0.3) is 22.2 Å². The van der Waals surface area contributed by atoms with E-state index < -0.39 is 0 Å². The van der Waals surface area contributed by atoms with Gasteiger partial charge in [-0.2, -0.15) is 5.10 Å². The molecule has 0 aliphatic carbocycles. The molecule has 7 nitrogen and oxygen atoms in total. The van der Waals surface area contributed by atoms with E-state index in [9.17, 15) is 5.11 Å². The smallest absolute Gasteiger partial charge is 0.153 e. The minimum absolute atomic E-state index is 0.125. The van der Waals surface area contributed by atoms with Gasteiger partial charge in [0.15, 0.2) is 5.82 Å². The maximum absolute atomic E-state index is 10.1.